The first-order chi connectivity index (χ1) is 10.1. The van der Waals surface area contributed by atoms with Gasteiger partial charge in [-0.1, -0.05) is 53.5 Å². The zero-order valence-corrected chi connectivity index (χ0v) is 12.9. The summed E-state index contributed by atoms with van der Waals surface area (Å²) in [5, 5.41) is 5.85. The van der Waals surface area contributed by atoms with Crippen LogP contribution in [0.4, 0.5) is 5.82 Å². The van der Waals surface area contributed by atoms with Crippen molar-refractivity contribution in [2.24, 2.45) is 7.05 Å². The van der Waals surface area contributed by atoms with Crippen molar-refractivity contribution in [3.63, 3.8) is 0 Å². The third-order valence-electron chi connectivity index (χ3n) is 3.35. The topological polar surface area (TPSA) is 43.8 Å². The smallest absolute Gasteiger partial charge is 0.129 e. The fourth-order valence-corrected chi connectivity index (χ4v) is 2.63. The molecule has 0 aliphatic rings. The summed E-state index contributed by atoms with van der Waals surface area (Å²) in [6, 6.07) is 15.1. The van der Waals surface area contributed by atoms with E-state index in [0.29, 0.717) is 15.9 Å². The van der Waals surface area contributed by atoms with E-state index in [4.69, 9.17) is 28.9 Å². The number of hydrogen-bond donors (Lipinski definition) is 1. The van der Waals surface area contributed by atoms with Crippen LogP contribution in [0.15, 0.2) is 48.5 Å². The van der Waals surface area contributed by atoms with E-state index in [1.54, 1.807) is 4.68 Å². The Bertz CT molecular complexity index is 792. The first-order valence-corrected chi connectivity index (χ1v) is 7.17. The number of nitrogen functional groups attached to an aromatic ring is 1. The van der Waals surface area contributed by atoms with Crippen LogP contribution in [-0.2, 0) is 7.05 Å². The minimum absolute atomic E-state index is 0.577. The van der Waals surface area contributed by atoms with E-state index < -0.39 is 0 Å². The summed E-state index contributed by atoms with van der Waals surface area (Å²) in [7, 11) is 1.81. The van der Waals surface area contributed by atoms with E-state index in [1.807, 2.05) is 55.6 Å². The number of anilines is 1. The number of aryl methyl sites for hydroxylation is 1. The van der Waals surface area contributed by atoms with Crippen LogP contribution < -0.4 is 5.73 Å². The maximum atomic E-state index is 6.31. The Morgan fingerprint density at radius 2 is 1.67 bits per heavy atom. The molecule has 5 heteroatoms. The maximum Gasteiger partial charge on any atom is 0.129 e. The molecule has 0 saturated heterocycles. The first-order valence-electron chi connectivity index (χ1n) is 6.41. The number of hydrogen-bond acceptors (Lipinski definition) is 2. The Morgan fingerprint density at radius 3 is 2.33 bits per heavy atom. The molecule has 0 aliphatic heterocycles. The molecule has 0 aliphatic carbocycles. The molecule has 0 unspecified atom stereocenters. The largest absolute Gasteiger partial charge is 0.383 e. The minimum Gasteiger partial charge on any atom is -0.383 e. The average Bonchev–Trinajstić information content (AvgIpc) is 2.77. The lowest BCUT2D eigenvalue weighted by molar-refractivity contribution is 0.782. The third-order valence-corrected chi connectivity index (χ3v) is 3.93. The zero-order valence-electron chi connectivity index (χ0n) is 11.3. The summed E-state index contributed by atoms with van der Waals surface area (Å²) < 4.78 is 1.66. The van der Waals surface area contributed by atoms with Crippen molar-refractivity contribution < 1.29 is 0 Å². The van der Waals surface area contributed by atoms with Crippen molar-refractivity contribution in [3.8, 4) is 22.4 Å². The number of nitrogens with two attached hydrogens (primary N) is 1. The Labute approximate surface area is 132 Å². The standard InChI is InChI=1S/C16H13Cl2N3/c1-21-16(19)14(12-4-2-3-5-13(12)18)15(20-21)10-6-8-11(17)9-7-10/h2-9H,19H2,1H3. The lowest BCUT2D eigenvalue weighted by Crippen LogP contribution is -1.98. The molecule has 0 atom stereocenters. The van der Waals surface area contributed by atoms with Crippen LogP contribution in [0, 0.1) is 0 Å². The summed E-state index contributed by atoms with van der Waals surface area (Å²) in [5.41, 5.74) is 9.63. The molecule has 3 nitrogen and oxygen atoms in total. The Balaban J connectivity index is 2.26. The second-order valence-electron chi connectivity index (χ2n) is 4.72. The first kappa shape index (κ1) is 14.0. The highest BCUT2D eigenvalue weighted by atomic mass is 35.5. The average molecular weight is 318 g/mol. The van der Waals surface area contributed by atoms with Gasteiger partial charge in [-0.2, -0.15) is 5.10 Å². The van der Waals surface area contributed by atoms with Gasteiger partial charge in [0.15, 0.2) is 0 Å². The molecule has 106 valence electrons. The van der Waals surface area contributed by atoms with E-state index in [9.17, 15) is 0 Å². The van der Waals surface area contributed by atoms with Crippen LogP contribution in [0.1, 0.15) is 0 Å². The number of rotatable bonds is 2. The molecule has 2 aromatic carbocycles. The van der Waals surface area contributed by atoms with Crippen molar-refractivity contribution in [3.05, 3.63) is 58.6 Å². The molecular weight excluding hydrogens is 305 g/mol. The van der Waals surface area contributed by atoms with Gasteiger partial charge in [-0.25, -0.2) is 0 Å². The van der Waals surface area contributed by atoms with Gasteiger partial charge in [-0.15, -0.1) is 0 Å². The van der Waals surface area contributed by atoms with Crippen molar-refractivity contribution in [1.82, 2.24) is 9.78 Å². The van der Waals surface area contributed by atoms with Gasteiger partial charge < -0.3 is 5.73 Å². The predicted molar refractivity (Wildman–Crippen MR) is 88.5 cm³/mol. The Kier molecular flexibility index (Phi) is 3.62. The number of aromatic nitrogens is 2. The van der Waals surface area contributed by atoms with Crippen molar-refractivity contribution in [1.29, 1.82) is 0 Å². The van der Waals surface area contributed by atoms with E-state index in [-0.39, 0.29) is 0 Å². The fourth-order valence-electron chi connectivity index (χ4n) is 2.28. The van der Waals surface area contributed by atoms with E-state index in [1.165, 1.54) is 0 Å². The van der Waals surface area contributed by atoms with E-state index >= 15 is 0 Å². The van der Waals surface area contributed by atoms with Crippen molar-refractivity contribution in [2.45, 2.75) is 0 Å². The summed E-state index contributed by atoms with van der Waals surface area (Å²) in [4.78, 5) is 0. The molecule has 2 N–H and O–H groups in total. The monoisotopic (exact) mass is 317 g/mol. The molecular formula is C16H13Cl2N3. The number of benzene rings is 2. The Hall–Kier alpha value is -1.97. The van der Waals surface area contributed by atoms with E-state index in [2.05, 4.69) is 5.10 Å². The van der Waals surface area contributed by atoms with Gasteiger partial charge in [-0.05, 0) is 18.2 Å². The van der Waals surface area contributed by atoms with Gasteiger partial charge in [0, 0.05) is 28.2 Å². The van der Waals surface area contributed by atoms with Gasteiger partial charge in [0.05, 0.1) is 5.56 Å². The molecule has 1 aromatic heterocycles. The summed E-state index contributed by atoms with van der Waals surface area (Å²) in [5.74, 6) is 0.577. The van der Waals surface area contributed by atoms with Crippen LogP contribution in [0.3, 0.4) is 0 Å². The zero-order chi connectivity index (χ0) is 15.0. The van der Waals surface area contributed by atoms with Gasteiger partial charge in [0.2, 0.25) is 0 Å². The normalized spacial score (nSPS) is 10.8. The quantitative estimate of drug-likeness (QED) is 0.748. The number of nitrogens with zero attached hydrogens (tertiary/aromatic N) is 2. The summed E-state index contributed by atoms with van der Waals surface area (Å²) in [6.07, 6.45) is 0. The lowest BCUT2D eigenvalue weighted by Gasteiger charge is -2.06. The van der Waals surface area contributed by atoms with E-state index in [0.717, 1.165) is 22.4 Å². The van der Waals surface area contributed by atoms with Crippen LogP contribution in [0.25, 0.3) is 22.4 Å². The van der Waals surface area contributed by atoms with Crippen LogP contribution in [-0.4, -0.2) is 9.78 Å². The summed E-state index contributed by atoms with van der Waals surface area (Å²) in [6.45, 7) is 0. The molecule has 0 saturated carbocycles. The second-order valence-corrected chi connectivity index (χ2v) is 5.56. The highest BCUT2D eigenvalue weighted by Crippen LogP contribution is 2.39. The van der Waals surface area contributed by atoms with Crippen molar-refractivity contribution in [2.75, 3.05) is 5.73 Å². The molecule has 3 aromatic rings. The second kappa shape index (κ2) is 5.43. The van der Waals surface area contributed by atoms with Crippen LogP contribution in [0.5, 0.6) is 0 Å². The lowest BCUT2D eigenvalue weighted by atomic mass is 10.0. The molecule has 0 spiro atoms. The molecule has 0 amide bonds. The summed E-state index contributed by atoms with van der Waals surface area (Å²) >= 11 is 12.3. The SMILES string of the molecule is Cn1nc(-c2ccc(Cl)cc2)c(-c2ccccc2Cl)c1N. The van der Waals surface area contributed by atoms with Crippen LogP contribution in [0.2, 0.25) is 10.0 Å². The van der Waals surface area contributed by atoms with Gasteiger partial charge >= 0.3 is 0 Å². The Morgan fingerprint density at radius 1 is 1.00 bits per heavy atom. The van der Waals surface area contributed by atoms with Gasteiger partial charge in [0.1, 0.15) is 11.5 Å². The highest BCUT2D eigenvalue weighted by Gasteiger charge is 2.19. The maximum absolute atomic E-state index is 6.31. The number of halogens is 2. The molecule has 0 radical (unpaired) electrons. The molecule has 1 heterocycles. The predicted octanol–water partition coefficient (Wildman–Crippen LogP) is 4.64. The van der Waals surface area contributed by atoms with Crippen LogP contribution >= 0.6 is 23.2 Å². The molecule has 21 heavy (non-hydrogen) atoms. The fraction of sp³-hybridized carbons (Fsp3) is 0.0625. The van der Waals surface area contributed by atoms with Gasteiger partial charge in [-0.3, -0.25) is 4.68 Å². The molecule has 0 fully saturated rings. The van der Waals surface area contributed by atoms with Crippen molar-refractivity contribution >= 4 is 29.0 Å². The molecule has 0 bridgehead atoms. The third kappa shape index (κ3) is 2.50. The minimum atomic E-state index is 0.577. The highest BCUT2D eigenvalue weighted by molar-refractivity contribution is 6.33. The van der Waals surface area contributed by atoms with Gasteiger partial charge in [0.25, 0.3) is 0 Å². The molecule has 3 rings (SSSR count).